The molecule has 2 rings (SSSR count). The molecule has 1 aromatic carbocycles. The van der Waals surface area contributed by atoms with Crippen molar-refractivity contribution < 1.29 is 4.79 Å². The Morgan fingerprint density at radius 3 is 2.95 bits per heavy atom. The Morgan fingerprint density at radius 1 is 1.57 bits per heavy atom. The van der Waals surface area contributed by atoms with Gasteiger partial charge in [-0.05, 0) is 38.3 Å². The lowest BCUT2D eigenvalue weighted by atomic mass is 10.1. The highest BCUT2D eigenvalue weighted by Gasteiger charge is 2.27. The zero-order valence-electron chi connectivity index (χ0n) is 12.3. The summed E-state index contributed by atoms with van der Waals surface area (Å²) in [5, 5.41) is 2.94. The summed E-state index contributed by atoms with van der Waals surface area (Å²) >= 11 is 6.90. The van der Waals surface area contributed by atoms with Gasteiger partial charge >= 0.3 is 0 Å². The van der Waals surface area contributed by atoms with E-state index in [0.29, 0.717) is 11.0 Å². The van der Waals surface area contributed by atoms with Crippen LogP contribution in [0.3, 0.4) is 0 Å². The van der Waals surface area contributed by atoms with Crippen LogP contribution in [0.2, 0.25) is 0 Å². The molecule has 3 N–H and O–H groups in total. The standard InChI is InChI=1S/C15H21N3OS2/c1-10(18(2)13-6-7-21-9-13)15(19)17-12-5-3-4-11(8-12)14(16)20/h3-5,8,10,13H,6-7,9H2,1-2H3,(H2,16,20)(H,17,19). The molecule has 114 valence electrons. The third-order valence-corrected chi connectivity index (χ3v) is 5.27. The van der Waals surface area contributed by atoms with Gasteiger partial charge in [-0.3, -0.25) is 9.69 Å². The summed E-state index contributed by atoms with van der Waals surface area (Å²) in [6.45, 7) is 1.94. The fourth-order valence-electron chi connectivity index (χ4n) is 2.34. The first-order chi connectivity index (χ1) is 9.99. The number of nitrogens with two attached hydrogens (primary N) is 1. The molecule has 21 heavy (non-hydrogen) atoms. The molecular formula is C15H21N3OS2. The predicted octanol–water partition coefficient (Wildman–Crippen LogP) is 2.09. The molecule has 0 aromatic heterocycles. The first-order valence-electron chi connectivity index (χ1n) is 6.99. The summed E-state index contributed by atoms with van der Waals surface area (Å²) in [6, 6.07) is 7.65. The van der Waals surface area contributed by atoms with E-state index in [1.54, 1.807) is 6.07 Å². The van der Waals surface area contributed by atoms with Gasteiger partial charge in [0.1, 0.15) is 4.99 Å². The van der Waals surface area contributed by atoms with Crippen LogP contribution in [0.15, 0.2) is 24.3 Å². The summed E-state index contributed by atoms with van der Waals surface area (Å²) in [4.78, 5) is 14.9. The third kappa shape index (κ3) is 4.18. The molecule has 1 aliphatic heterocycles. The van der Waals surface area contributed by atoms with Crippen molar-refractivity contribution in [3.05, 3.63) is 29.8 Å². The predicted molar refractivity (Wildman–Crippen MR) is 93.9 cm³/mol. The van der Waals surface area contributed by atoms with Crippen molar-refractivity contribution in [2.75, 3.05) is 23.9 Å². The number of hydrogen-bond donors (Lipinski definition) is 2. The minimum atomic E-state index is -0.165. The van der Waals surface area contributed by atoms with Gasteiger partial charge in [-0.1, -0.05) is 24.4 Å². The van der Waals surface area contributed by atoms with E-state index in [1.807, 2.05) is 43.9 Å². The topological polar surface area (TPSA) is 58.4 Å². The Morgan fingerprint density at radius 2 is 2.33 bits per heavy atom. The summed E-state index contributed by atoms with van der Waals surface area (Å²) in [7, 11) is 2.02. The molecule has 0 saturated carbocycles. The van der Waals surface area contributed by atoms with Crippen LogP contribution in [0.5, 0.6) is 0 Å². The van der Waals surface area contributed by atoms with Gasteiger partial charge in [0.15, 0.2) is 0 Å². The molecule has 1 fully saturated rings. The van der Waals surface area contributed by atoms with E-state index in [-0.39, 0.29) is 11.9 Å². The second kappa shape index (κ2) is 7.24. The second-order valence-corrected chi connectivity index (χ2v) is 6.88. The number of amides is 1. The lowest BCUT2D eigenvalue weighted by Gasteiger charge is -2.29. The van der Waals surface area contributed by atoms with E-state index >= 15 is 0 Å². The number of nitrogens with one attached hydrogen (secondary N) is 1. The van der Waals surface area contributed by atoms with Gasteiger partial charge in [-0.25, -0.2) is 0 Å². The van der Waals surface area contributed by atoms with Gasteiger partial charge in [-0.15, -0.1) is 0 Å². The van der Waals surface area contributed by atoms with Gasteiger partial charge < -0.3 is 11.1 Å². The average Bonchev–Trinajstić information content (AvgIpc) is 3.00. The Hall–Kier alpha value is -1.11. The molecule has 0 radical (unpaired) electrons. The van der Waals surface area contributed by atoms with Crippen molar-refractivity contribution in [1.82, 2.24) is 4.90 Å². The highest BCUT2D eigenvalue weighted by atomic mass is 32.2. The maximum atomic E-state index is 12.4. The smallest absolute Gasteiger partial charge is 0.241 e. The normalized spacial score (nSPS) is 19.5. The summed E-state index contributed by atoms with van der Waals surface area (Å²) in [5.74, 6) is 2.28. The Bertz CT molecular complexity index is 529. The molecule has 0 aliphatic carbocycles. The number of rotatable bonds is 5. The Kier molecular flexibility index (Phi) is 5.61. The third-order valence-electron chi connectivity index (χ3n) is 3.89. The molecule has 1 amide bonds. The molecule has 4 nitrogen and oxygen atoms in total. The molecule has 1 saturated heterocycles. The van der Waals surface area contributed by atoms with Crippen LogP contribution >= 0.6 is 24.0 Å². The highest BCUT2D eigenvalue weighted by Crippen LogP contribution is 2.23. The maximum absolute atomic E-state index is 12.4. The van der Waals surface area contributed by atoms with Crippen LogP contribution in [0, 0.1) is 0 Å². The first-order valence-corrected chi connectivity index (χ1v) is 8.55. The molecule has 1 aromatic rings. The number of carbonyl (C=O) groups excluding carboxylic acids is 1. The van der Waals surface area contributed by atoms with Crippen molar-refractivity contribution in [2.24, 2.45) is 5.73 Å². The van der Waals surface area contributed by atoms with Crippen LogP contribution < -0.4 is 11.1 Å². The Balaban J connectivity index is 1.99. The molecule has 2 unspecified atom stereocenters. The van der Waals surface area contributed by atoms with Crippen LogP contribution in [0.4, 0.5) is 5.69 Å². The summed E-state index contributed by atoms with van der Waals surface area (Å²) in [5.41, 5.74) is 7.10. The zero-order chi connectivity index (χ0) is 15.4. The zero-order valence-corrected chi connectivity index (χ0v) is 14.0. The lowest BCUT2D eigenvalue weighted by Crippen LogP contribution is -2.45. The van der Waals surface area contributed by atoms with Gasteiger partial charge in [0.25, 0.3) is 0 Å². The average molecular weight is 323 g/mol. The molecule has 0 spiro atoms. The van der Waals surface area contributed by atoms with Gasteiger partial charge in [0.05, 0.1) is 6.04 Å². The monoisotopic (exact) mass is 323 g/mol. The van der Waals surface area contributed by atoms with E-state index in [4.69, 9.17) is 18.0 Å². The number of benzene rings is 1. The molecule has 2 atom stereocenters. The molecule has 1 aliphatic rings. The van der Waals surface area contributed by atoms with Crippen molar-refractivity contribution >= 4 is 40.6 Å². The molecule has 1 heterocycles. The van der Waals surface area contributed by atoms with Gasteiger partial charge in [0, 0.05) is 23.0 Å². The number of anilines is 1. The van der Waals surface area contributed by atoms with E-state index < -0.39 is 0 Å². The molecule has 6 heteroatoms. The second-order valence-electron chi connectivity index (χ2n) is 5.29. The van der Waals surface area contributed by atoms with Crippen LogP contribution in [-0.2, 0) is 4.79 Å². The molecule has 0 bridgehead atoms. The van der Waals surface area contributed by atoms with Crippen molar-refractivity contribution in [2.45, 2.75) is 25.4 Å². The van der Waals surface area contributed by atoms with Crippen LogP contribution in [-0.4, -0.2) is 46.4 Å². The van der Waals surface area contributed by atoms with E-state index in [1.165, 1.54) is 5.75 Å². The number of nitrogens with zero attached hydrogens (tertiary/aromatic N) is 1. The van der Waals surface area contributed by atoms with Crippen LogP contribution in [0.1, 0.15) is 18.9 Å². The number of likely N-dealkylation sites (N-methyl/N-ethyl adjacent to an activating group) is 1. The largest absolute Gasteiger partial charge is 0.389 e. The fraction of sp³-hybridized carbons (Fsp3) is 0.467. The summed E-state index contributed by atoms with van der Waals surface area (Å²) in [6.07, 6.45) is 1.15. The Labute approximate surface area is 135 Å². The minimum absolute atomic E-state index is 0.00510. The SMILES string of the molecule is CC(C(=O)Nc1cccc(C(N)=S)c1)N(C)C1CCSC1. The number of thiocarbonyl (C=S) groups is 1. The fourth-order valence-corrected chi connectivity index (χ4v) is 3.75. The van der Waals surface area contributed by atoms with Crippen molar-refractivity contribution in [3.63, 3.8) is 0 Å². The van der Waals surface area contributed by atoms with Crippen molar-refractivity contribution in [1.29, 1.82) is 0 Å². The highest BCUT2D eigenvalue weighted by molar-refractivity contribution is 7.99. The first kappa shape index (κ1) is 16.3. The van der Waals surface area contributed by atoms with Crippen molar-refractivity contribution in [3.8, 4) is 0 Å². The summed E-state index contributed by atoms with van der Waals surface area (Å²) < 4.78 is 0. The van der Waals surface area contributed by atoms with Gasteiger partial charge in [0.2, 0.25) is 5.91 Å². The van der Waals surface area contributed by atoms with E-state index in [9.17, 15) is 4.79 Å². The quantitative estimate of drug-likeness (QED) is 0.813. The number of carbonyl (C=O) groups is 1. The van der Waals surface area contributed by atoms with Gasteiger partial charge in [-0.2, -0.15) is 11.8 Å². The van der Waals surface area contributed by atoms with Crippen LogP contribution in [0.25, 0.3) is 0 Å². The maximum Gasteiger partial charge on any atom is 0.241 e. The molecular weight excluding hydrogens is 302 g/mol. The van der Waals surface area contributed by atoms with E-state index in [0.717, 1.165) is 23.4 Å². The number of hydrogen-bond acceptors (Lipinski definition) is 4. The van der Waals surface area contributed by atoms with E-state index in [2.05, 4.69) is 10.2 Å². The lowest BCUT2D eigenvalue weighted by molar-refractivity contribution is -0.120. The minimum Gasteiger partial charge on any atom is -0.389 e. The number of thioether (sulfide) groups is 1.